The zero-order valence-corrected chi connectivity index (χ0v) is 15.6. The maximum atomic E-state index is 13.3. The first-order valence-electron chi connectivity index (χ1n) is 9.05. The van der Waals surface area contributed by atoms with Gasteiger partial charge in [-0.1, -0.05) is 60.2 Å². The molecule has 0 bridgehead atoms. The minimum atomic E-state index is -0.495. The Morgan fingerprint density at radius 2 is 1.72 bits per heavy atom. The molecule has 0 N–H and O–H groups in total. The van der Waals surface area contributed by atoms with Crippen molar-refractivity contribution in [1.29, 1.82) is 0 Å². The van der Waals surface area contributed by atoms with Crippen LogP contribution < -0.4 is 5.56 Å². The third kappa shape index (κ3) is 3.55. The fourth-order valence-electron chi connectivity index (χ4n) is 3.25. The molecular weight excluding hydrogens is 366 g/mol. The van der Waals surface area contributed by atoms with Gasteiger partial charge in [-0.2, -0.15) is 0 Å². The fourth-order valence-corrected chi connectivity index (χ4v) is 3.25. The second-order valence-electron chi connectivity index (χ2n) is 6.62. The molecule has 0 aliphatic heterocycles. The maximum absolute atomic E-state index is 13.3. The van der Waals surface area contributed by atoms with Crippen LogP contribution in [0, 0.1) is 17.0 Å². The Kier molecular flexibility index (Phi) is 4.75. The van der Waals surface area contributed by atoms with E-state index in [1.807, 2.05) is 37.3 Å². The van der Waals surface area contributed by atoms with E-state index in [-0.39, 0.29) is 16.9 Å². The highest BCUT2D eigenvalue weighted by molar-refractivity contribution is 5.80. The number of fused-ring (bicyclic) bond motifs is 1. The Hall–Kier alpha value is -4.06. The van der Waals surface area contributed by atoms with Crippen molar-refractivity contribution in [3.8, 4) is 5.69 Å². The summed E-state index contributed by atoms with van der Waals surface area (Å²) in [6.07, 6.45) is 3.55. The fraction of sp³-hybridized carbons (Fsp3) is 0.0435. The van der Waals surface area contributed by atoms with Gasteiger partial charge in [-0.05, 0) is 36.8 Å². The lowest BCUT2D eigenvalue weighted by atomic mass is 10.1. The average molecular weight is 383 g/mol. The molecule has 0 fully saturated rings. The molecule has 0 unspecified atom stereocenters. The summed E-state index contributed by atoms with van der Waals surface area (Å²) in [4.78, 5) is 28.9. The number of nitrogens with zero attached hydrogens (tertiary/aromatic N) is 3. The van der Waals surface area contributed by atoms with E-state index in [2.05, 4.69) is 4.98 Å². The SMILES string of the molecule is Cc1cccc(/C=C/c2nc3ccccc3c(=O)n2-c2ccccc2[N+](=O)[O-])c1. The Balaban J connectivity index is 2.00. The van der Waals surface area contributed by atoms with E-state index < -0.39 is 4.92 Å². The van der Waals surface area contributed by atoms with Gasteiger partial charge in [-0.3, -0.25) is 19.5 Å². The summed E-state index contributed by atoms with van der Waals surface area (Å²) in [6.45, 7) is 1.99. The quantitative estimate of drug-likeness (QED) is 0.375. The van der Waals surface area contributed by atoms with Crippen LogP contribution in [0.25, 0.3) is 28.7 Å². The molecule has 1 heterocycles. The molecule has 0 atom stereocenters. The van der Waals surface area contributed by atoms with Crippen molar-refractivity contribution >= 4 is 28.7 Å². The van der Waals surface area contributed by atoms with E-state index in [1.54, 1.807) is 48.5 Å². The van der Waals surface area contributed by atoms with Gasteiger partial charge >= 0.3 is 0 Å². The predicted molar refractivity (Wildman–Crippen MR) is 114 cm³/mol. The van der Waals surface area contributed by atoms with E-state index in [4.69, 9.17) is 0 Å². The molecule has 3 aromatic carbocycles. The maximum Gasteiger partial charge on any atom is 0.293 e. The molecule has 0 saturated carbocycles. The van der Waals surface area contributed by atoms with Crippen LogP contribution in [0.3, 0.4) is 0 Å². The second kappa shape index (κ2) is 7.52. The molecule has 29 heavy (non-hydrogen) atoms. The highest BCUT2D eigenvalue weighted by Crippen LogP contribution is 2.24. The Bertz CT molecular complexity index is 1320. The van der Waals surface area contributed by atoms with Gasteiger partial charge in [0.25, 0.3) is 11.2 Å². The van der Waals surface area contributed by atoms with Crippen LogP contribution in [-0.2, 0) is 0 Å². The Morgan fingerprint density at radius 1 is 0.966 bits per heavy atom. The number of rotatable bonds is 4. The molecular formula is C23H17N3O3. The molecule has 6 heteroatoms. The third-order valence-electron chi connectivity index (χ3n) is 4.59. The number of benzene rings is 3. The summed E-state index contributed by atoms with van der Waals surface area (Å²) >= 11 is 0. The summed E-state index contributed by atoms with van der Waals surface area (Å²) < 4.78 is 1.30. The zero-order valence-electron chi connectivity index (χ0n) is 15.6. The molecule has 0 saturated heterocycles. The van der Waals surface area contributed by atoms with Crippen molar-refractivity contribution in [2.24, 2.45) is 0 Å². The van der Waals surface area contributed by atoms with Crippen molar-refractivity contribution in [2.45, 2.75) is 6.92 Å². The highest BCUT2D eigenvalue weighted by Gasteiger charge is 2.19. The van der Waals surface area contributed by atoms with E-state index in [1.165, 1.54) is 10.6 Å². The first-order chi connectivity index (χ1) is 14.0. The molecule has 0 amide bonds. The van der Waals surface area contributed by atoms with Crippen molar-refractivity contribution in [3.05, 3.63) is 110 Å². The molecule has 4 rings (SSSR count). The van der Waals surface area contributed by atoms with Crippen molar-refractivity contribution in [3.63, 3.8) is 0 Å². The number of hydrogen-bond donors (Lipinski definition) is 0. The van der Waals surface area contributed by atoms with Gasteiger partial charge in [0.05, 0.1) is 15.8 Å². The molecule has 6 nitrogen and oxygen atoms in total. The van der Waals surface area contributed by atoms with Crippen molar-refractivity contribution in [2.75, 3.05) is 0 Å². The zero-order chi connectivity index (χ0) is 20.4. The molecule has 0 aliphatic carbocycles. The van der Waals surface area contributed by atoms with Gasteiger partial charge in [0.15, 0.2) is 0 Å². The summed E-state index contributed by atoms with van der Waals surface area (Å²) in [5.74, 6) is 0.324. The topological polar surface area (TPSA) is 78.0 Å². The monoisotopic (exact) mass is 383 g/mol. The van der Waals surface area contributed by atoms with Gasteiger partial charge in [-0.25, -0.2) is 4.98 Å². The van der Waals surface area contributed by atoms with Gasteiger partial charge in [0, 0.05) is 6.07 Å². The largest absolute Gasteiger partial charge is 0.293 e. The van der Waals surface area contributed by atoms with Gasteiger partial charge in [0.2, 0.25) is 0 Å². The lowest BCUT2D eigenvalue weighted by Crippen LogP contribution is -2.23. The predicted octanol–water partition coefficient (Wildman–Crippen LogP) is 4.77. The van der Waals surface area contributed by atoms with Crippen LogP contribution in [0.5, 0.6) is 0 Å². The molecule has 0 radical (unpaired) electrons. The van der Waals surface area contributed by atoms with E-state index >= 15 is 0 Å². The first-order valence-corrected chi connectivity index (χ1v) is 9.05. The standard InChI is InChI=1S/C23H17N3O3/c1-16-7-6-8-17(15-16)13-14-22-24-19-10-3-2-9-18(19)23(27)25(22)20-11-4-5-12-21(20)26(28)29/h2-15H,1H3/b14-13+. The summed E-state index contributed by atoms with van der Waals surface area (Å²) in [6, 6.07) is 21.0. The molecule has 1 aromatic heterocycles. The van der Waals surface area contributed by atoms with Crippen molar-refractivity contribution in [1.82, 2.24) is 9.55 Å². The summed E-state index contributed by atoms with van der Waals surface area (Å²) in [5, 5.41) is 12.0. The molecule has 142 valence electrons. The Morgan fingerprint density at radius 3 is 2.52 bits per heavy atom. The van der Waals surface area contributed by atoms with Crippen molar-refractivity contribution < 1.29 is 4.92 Å². The minimum Gasteiger partial charge on any atom is -0.268 e. The van der Waals surface area contributed by atoms with Gasteiger partial charge in [0.1, 0.15) is 11.5 Å². The van der Waals surface area contributed by atoms with Gasteiger partial charge < -0.3 is 0 Å². The minimum absolute atomic E-state index is 0.156. The number of nitro benzene ring substituents is 1. The van der Waals surface area contributed by atoms with E-state index in [0.717, 1.165) is 11.1 Å². The van der Waals surface area contributed by atoms with Gasteiger partial charge in [-0.15, -0.1) is 0 Å². The summed E-state index contributed by atoms with van der Waals surface area (Å²) in [5.41, 5.74) is 2.27. The molecule has 0 spiro atoms. The van der Waals surface area contributed by atoms with E-state index in [9.17, 15) is 14.9 Å². The highest BCUT2D eigenvalue weighted by atomic mass is 16.6. The molecule has 0 aliphatic rings. The smallest absolute Gasteiger partial charge is 0.268 e. The van der Waals surface area contributed by atoms with E-state index in [0.29, 0.717) is 16.7 Å². The second-order valence-corrected chi connectivity index (χ2v) is 6.62. The van der Waals surface area contributed by atoms with Crippen LogP contribution in [0.1, 0.15) is 17.0 Å². The van der Waals surface area contributed by atoms with Crippen LogP contribution >= 0.6 is 0 Å². The first kappa shape index (κ1) is 18.3. The average Bonchev–Trinajstić information content (AvgIpc) is 2.72. The number of para-hydroxylation sites is 3. The third-order valence-corrected chi connectivity index (χ3v) is 4.59. The van der Waals surface area contributed by atoms with Crippen LogP contribution in [0.15, 0.2) is 77.6 Å². The lowest BCUT2D eigenvalue weighted by molar-refractivity contribution is -0.384. The number of nitro groups is 1. The van der Waals surface area contributed by atoms with Crippen LogP contribution in [0.4, 0.5) is 5.69 Å². The van der Waals surface area contributed by atoms with Crippen LogP contribution in [-0.4, -0.2) is 14.5 Å². The number of aromatic nitrogens is 2. The Labute approximate surface area is 166 Å². The normalized spacial score (nSPS) is 11.2. The molecule has 4 aromatic rings. The number of hydrogen-bond acceptors (Lipinski definition) is 4. The van der Waals surface area contributed by atoms with Crippen LogP contribution in [0.2, 0.25) is 0 Å². The lowest BCUT2D eigenvalue weighted by Gasteiger charge is -2.11. The summed E-state index contributed by atoms with van der Waals surface area (Å²) in [7, 11) is 0. The number of aryl methyl sites for hydroxylation is 1.